The molecule has 3 aromatic rings. The zero-order valence-electron chi connectivity index (χ0n) is 17.2. The van der Waals surface area contributed by atoms with E-state index in [1.165, 1.54) is 0 Å². The molecule has 0 unspecified atom stereocenters. The molecule has 0 saturated heterocycles. The van der Waals surface area contributed by atoms with E-state index in [0.29, 0.717) is 31.2 Å². The standard InChI is InChI=1S/C23H26N4O3/c1-3-24-23(29)26-21-20(22(28)30-4-2)25-19(15-17-11-7-5-8-12-17)27(21)16-18-13-9-6-10-14-18/h5-14H,3-4,15-16H2,1-2H3,(H2,24,26,29). The second-order valence-electron chi connectivity index (χ2n) is 6.66. The number of imidazole rings is 1. The zero-order valence-corrected chi connectivity index (χ0v) is 17.2. The number of nitrogens with one attached hydrogen (secondary N) is 2. The minimum atomic E-state index is -0.564. The third kappa shape index (κ3) is 5.26. The molecule has 3 rings (SSSR count). The van der Waals surface area contributed by atoms with Crippen molar-refractivity contribution in [3.63, 3.8) is 0 Å². The number of benzene rings is 2. The van der Waals surface area contributed by atoms with Gasteiger partial charge < -0.3 is 14.6 Å². The van der Waals surface area contributed by atoms with Gasteiger partial charge in [-0.15, -0.1) is 0 Å². The fourth-order valence-corrected chi connectivity index (χ4v) is 3.13. The third-order valence-corrected chi connectivity index (χ3v) is 4.47. The molecule has 1 aromatic heterocycles. The summed E-state index contributed by atoms with van der Waals surface area (Å²) in [7, 11) is 0. The molecule has 2 aromatic carbocycles. The smallest absolute Gasteiger partial charge is 0.360 e. The molecule has 0 atom stereocenters. The van der Waals surface area contributed by atoms with Crippen molar-refractivity contribution in [2.24, 2.45) is 0 Å². The van der Waals surface area contributed by atoms with E-state index < -0.39 is 12.0 Å². The summed E-state index contributed by atoms with van der Waals surface area (Å²) in [5.74, 6) is 0.430. The summed E-state index contributed by atoms with van der Waals surface area (Å²) < 4.78 is 7.06. The van der Waals surface area contributed by atoms with Crippen molar-refractivity contribution in [1.29, 1.82) is 0 Å². The summed E-state index contributed by atoms with van der Waals surface area (Å²) >= 11 is 0. The molecule has 0 radical (unpaired) electrons. The zero-order chi connectivity index (χ0) is 21.3. The molecule has 7 heteroatoms. The summed E-state index contributed by atoms with van der Waals surface area (Å²) in [4.78, 5) is 29.5. The molecule has 2 N–H and O–H groups in total. The van der Waals surface area contributed by atoms with E-state index in [-0.39, 0.29) is 12.3 Å². The maximum Gasteiger partial charge on any atom is 0.360 e. The molecule has 0 saturated carbocycles. The number of carbonyl (C=O) groups excluding carboxylic acids is 2. The van der Waals surface area contributed by atoms with Gasteiger partial charge in [-0.25, -0.2) is 14.6 Å². The highest BCUT2D eigenvalue weighted by molar-refractivity contribution is 5.98. The number of hydrogen-bond acceptors (Lipinski definition) is 4. The SMILES string of the molecule is CCNC(=O)Nc1c(C(=O)OCC)nc(Cc2ccccc2)n1Cc1ccccc1. The van der Waals surface area contributed by atoms with Gasteiger partial charge in [0.1, 0.15) is 11.6 Å². The van der Waals surface area contributed by atoms with Crippen LogP contribution in [-0.4, -0.2) is 34.7 Å². The summed E-state index contributed by atoms with van der Waals surface area (Å²) in [5, 5.41) is 5.49. The maximum atomic E-state index is 12.6. The average molecular weight is 406 g/mol. The molecule has 0 bridgehead atoms. The Morgan fingerprint density at radius 1 is 0.967 bits per heavy atom. The van der Waals surface area contributed by atoms with Crippen LogP contribution >= 0.6 is 0 Å². The molecule has 30 heavy (non-hydrogen) atoms. The lowest BCUT2D eigenvalue weighted by Gasteiger charge is -2.14. The lowest BCUT2D eigenvalue weighted by Crippen LogP contribution is -2.30. The highest BCUT2D eigenvalue weighted by Crippen LogP contribution is 2.23. The molecule has 0 aliphatic carbocycles. The van der Waals surface area contributed by atoms with E-state index in [9.17, 15) is 9.59 Å². The molecule has 0 fully saturated rings. The normalized spacial score (nSPS) is 10.5. The molecule has 0 spiro atoms. The van der Waals surface area contributed by atoms with Gasteiger partial charge in [0.15, 0.2) is 5.69 Å². The molecule has 2 amide bonds. The van der Waals surface area contributed by atoms with Crippen molar-refractivity contribution in [1.82, 2.24) is 14.9 Å². The van der Waals surface area contributed by atoms with Crippen LogP contribution in [-0.2, 0) is 17.7 Å². The second-order valence-corrected chi connectivity index (χ2v) is 6.66. The van der Waals surface area contributed by atoms with Crippen LogP contribution in [0.4, 0.5) is 10.6 Å². The van der Waals surface area contributed by atoms with Gasteiger partial charge in [-0.05, 0) is 25.0 Å². The monoisotopic (exact) mass is 406 g/mol. The summed E-state index contributed by atoms with van der Waals surface area (Å²) in [6, 6.07) is 19.3. The molecule has 0 aliphatic rings. The Balaban J connectivity index is 2.08. The van der Waals surface area contributed by atoms with Crippen LogP contribution in [0.25, 0.3) is 0 Å². The number of anilines is 1. The fraction of sp³-hybridized carbons (Fsp3) is 0.261. The first-order valence-electron chi connectivity index (χ1n) is 10.0. The number of ether oxygens (including phenoxy) is 1. The van der Waals surface area contributed by atoms with Gasteiger partial charge in [-0.2, -0.15) is 0 Å². The number of aromatic nitrogens is 2. The van der Waals surface area contributed by atoms with Crippen LogP contribution in [0.3, 0.4) is 0 Å². The minimum absolute atomic E-state index is 0.102. The molecule has 156 valence electrons. The Bertz CT molecular complexity index is 984. The number of nitrogens with zero attached hydrogens (tertiary/aromatic N) is 2. The van der Waals surface area contributed by atoms with Gasteiger partial charge in [0.05, 0.1) is 13.2 Å². The number of carbonyl (C=O) groups is 2. The maximum absolute atomic E-state index is 12.6. The van der Waals surface area contributed by atoms with E-state index >= 15 is 0 Å². The number of hydrogen-bond donors (Lipinski definition) is 2. The van der Waals surface area contributed by atoms with E-state index in [1.54, 1.807) is 6.92 Å². The van der Waals surface area contributed by atoms with Crippen molar-refractivity contribution in [3.05, 3.63) is 83.3 Å². The topological polar surface area (TPSA) is 85.2 Å². The predicted molar refractivity (Wildman–Crippen MR) is 116 cm³/mol. The molecular weight excluding hydrogens is 380 g/mol. The molecular formula is C23H26N4O3. The number of urea groups is 1. The minimum Gasteiger partial charge on any atom is -0.461 e. The van der Waals surface area contributed by atoms with Crippen LogP contribution in [0.5, 0.6) is 0 Å². The van der Waals surface area contributed by atoms with Crippen LogP contribution in [0, 0.1) is 0 Å². The van der Waals surface area contributed by atoms with E-state index in [0.717, 1.165) is 11.1 Å². The molecule has 1 heterocycles. The quantitative estimate of drug-likeness (QED) is 0.557. The van der Waals surface area contributed by atoms with Crippen molar-refractivity contribution >= 4 is 17.8 Å². The average Bonchev–Trinajstić information content (AvgIpc) is 3.07. The fourth-order valence-electron chi connectivity index (χ4n) is 3.13. The van der Waals surface area contributed by atoms with Crippen LogP contribution in [0.2, 0.25) is 0 Å². The highest BCUT2D eigenvalue weighted by Gasteiger charge is 2.25. The van der Waals surface area contributed by atoms with Crippen LogP contribution in [0.1, 0.15) is 41.3 Å². The van der Waals surface area contributed by atoms with Crippen LogP contribution < -0.4 is 10.6 Å². The van der Waals surface area contributed by atoms with Crippen molar-refractivity contribution in [2.75, 3.05) is 18.5 Å². The van der Waals surface area contributed by atoms with Crippen molar-refractivity contribution in [3.8, 4) is 0 Å². The number of rotatable bonds is 8. The van der Waals surface area contributed by atoms with Gasteiger partial charge >= 0.3 is 12.0 Å². The first kappa shape index (κ1) is 21.1. The van der Waals surface area contributed by atoms with Gasteiger partial charge in [0.2, 0.25) is 0 Å². The largest absolute Gasteiger partial charge is 0.461 e. The van der Waals surface area contributed by atoms with Gasteiger partial charge in [-0.3, -0.25) is 5.32 Å². The van der Waals surface area contributed by atoms with Gasteiger partial charge in [0.25, 0.3) is 0 Å². The number of amides is 2. The van der Waals surface area contributed by atoms with Crippen molar-refractivity contribution < 1.29 is 14.3 Å². The summed E-state index contributed by atoms with van der Waals surface area (Å²) in [6.07, 6.45) is 0.511. The van der Waals surface area contributed by atoms with Crippen molar-refractivity contribution in [2.45, 2.75) is 26.8 Å². The van der Waals surface area contributed by atoms with Gasteiger partial charge in [-0.1, -0.05) is 60.7 Å². The lowest BCUT2D eigenvalue weighted by molar-refractivity contribution is 0.0521. The Labute approximate surface area is 176 Å². The van der Waals surface area contributed by atoms with E-state index in [1.807, 2.05) is 72.2 Å². The lowest BCUT2D eigenvalue weighted by atomic mass is 10.1. The third-order valence-electron chi connectivity index (χ3n) is 4.47. The Morgan fingerprint density at radius 2 is 1.60 bits per heavy atom. The predicted octanol–water partition coefficient (Wildman–Crippen LogP) is 3.84. The Kier molecular flexibility index (Phi) is 7.21. The number of esters is 1. The first-order valence-corrected chi connectivity index (χ1v) is 10.0. The highest BCUT2D eigenvalue weighted by atomic mass is 16.5. The summed E-state index contributed by atoms with van der Waals surface area (Å²) in [5.41, 5.74) is 2.18. The second kappa shape index (κ2) is 10.2. The first-order chi connectivity index (χ1) is 14.6. The Hall–Kier alpha value is -3.61. The van der Waals surface area contributed by atoms with E-state index in [2.05, 4.69) is 15.6 Å². The Morgan fingerprint density at radius 3 is 2.20 bits per heavy atom. The summed E-state index contributed by atoms with van der Waals surface area (Å²) in [6.45, 7) is 4.70. The molecule has 7 nitrogen and oxygen atoms in total. The van der Waals surface area contributed by atoms with Crippen LogP contribution in [0.15, 0.2) is 60.7 Å². The van der Waals surface area contributed by atoms with Gasteiger partial charge in [0, 0.05) is 13.0 Å². The van der Waals surface area contributed by atoms with E-state index in [4.69, 9.17) is 4.74 Å². The molecule has 0 aliphatic heterocycles.